The number of nitrogens with zero attached hydrogens (tertiary/aromatic N) is 4. The summed E-state index contributed by atoms with van der Waals surface area (Å²) in [5.74, 6) is 2.80. The molecule has 0 saturated heterocycles. The van der Waals surface area contributed by atoms with E-state index in [1.54, 1.807) is 13.4 Å². The number of fused-ring (bicyclic) bond motifs is 4. The van der Waals surface area contributed by atoms with Crippen LogP contribution in [0.25, 0.3) is 0 Å². The smallest absolute Gasteiger partial charge is 0.261 e. The second kappa shape index (κ2) is 14.6. The minimum atomic E-state index is -2.61. The molecule has 1 unspecified atom stereocenters. The molecule has 2 aliphatic heterocycles. The average molecular weight is 784 g/mol. The highest BCUT2D eigenvalue weighted by Crippen LogP contribution is 2.44. The van der Waals surface area contributed by atoms with Gasteiger partial charge in [0.2, 0.25) is 0 Å². The minimum Gasteiger partial charge on any atom is -1.00 e. The topological polar surface area (TPSA) is 59.5 Å². The quantitative estimate of drug-likeness (QED) is 0.0953. The number of benzene rings is 4. The van der Waals surface area contributed by atoms with Gasteiger partial charge in [-0.15, -0.1) is 0 Å². The summed E-state index contributed by atoms with van der Waals surface area (Å²) in [5, 5.41) is 8.74. The van der Waals surface area contributed by atoms with Crippen LogP contribution in [0.4, 0.5) is 11.6 Å². The zero-order chi connectivity index (χ0) is 33.2. The monoisotopic (exact) mass is 783 g/mol. The van der Waals surface area contributed by atoms with Crippen LogP contribution in [-0.2, 0) is 30.6 Å². The molecule has 7 rings (SSSR count). The van der Waals surface area contributed by atoms with Crippen molar-refractivity contribution in [3.8, 4) is 5.75 Å². The molecule has 1 atom stereocenters. The lowest BCUT2D eigenvalue weighted by molar-refractivity contribution is -0.959. The largest absolute Gasteiger partial charge is 1.00 e. The van der Waals surface area contributed by atoms with E-state index < -0.39 is 8.32 Å². The summed E-state index contributed by atoms with van der Waals surface area (Å²) in [6.07, 6.45) is 2.64. The van der Waals surface area contributed by atoms with Crippen molar-refractivity contribution in [2.24, 2.45) is 0 Å². The molecule has 7 nitrogen and oxygen atoms in total. The number of anilines is 2. The van der Waals surface area contributed by atoms with Gasteiger partial charge in [-0.05, 0) is 38.7 Å². The predicted molar refractivity (Wildman–Crippen MR) is 196 cm³/mol. The highest BCUT2D eigenvalue weighted by molar-refractivity contribution is 6.99. The Morgan fingerprint density at radius 1 is 0.796 bits per heavy atom. The Kier molecular flexibility index (Phi) is 10.5. The highest BCUT2D eigenvalue weighted by atomic mass is 127. The maximum Gasteiger partial charge on any atom is 0.261 e. The van der Waals surface area contributed by atoms with Gasteiger partial charge in [-0.3, -0.25) is 0 Å². The molecule has 254 valence electrons. The van der Waals surface area contributed by atoms with Gasteiger partial charge in [0.05, 0.1) is 19.2 Å². The zero-order valence-electron chi connectivity index (χ0n) is 28.9. The van der Waals surface area contributed by atoms with Crippen LogP contribution in [0.2, 0.25) is 5.04 Å². The zero-order valence-corrected chi connectivity index (χ0v) is 32.1. The van der Waals surface area contributed by atoms with Gasteiger partial charge in [0.25, 0.3) is 8.32 Å². The molecule has 3 heterocycles. The lowest BCUT2D eigenvalue weighted by Gasteiger charge is -2.46. The number of hydrogen-bond acceptors (Lipinski definition) is 6. The maximum atomic E-state index is 7.34. The van der Waals surface area contributed by atoms with Gasteiger partial charge in [0, 0.05) is 25.1 Å². The fourth-order valence-corrected chi connectivity index (χ4v) is 12.4. The van der Waals surface area contributed by atoms with E-state index in [2.05, 4.69) is 128 Å². The fourth-order valence-electron chi connectivity index (χ4n) is 7.77. The van der Waals surface area contributed by atoms with E-state index in [0.717, 1.165) is 54.6 Å². The van der Waals surface area contributed by atoms with Gasteiger partial charge in [0.1, 0.15) is 37.5 Å². The van der Waals surface area contributed by atoms with E-state index in [0.29, 0.717) is 13.2 Å². The normalized spacial score (nSPS) is 16.6. The molecule has 9 heteroatoms. The van der Waals surface area contributed by atoms with Gasteiger partial charge in [0.15, 0.2) is 5.82 Å². The molecule has 0 bridgehead atoms. The SMILES string of the molecule is COc1ccc(CNc2ncnc3c2C[N+]2(CCCO[Si](c4ccccc4)(c4ccccc4)C(C)(C)C)Cc4ccccc4CN32)cc1.[I-]. The van der Waals surface area contributed by atoms with Gasteiger partial charge in [-0.25, -0.2) is 19.6 Å². The van der Waals surface area contributed by atoms with Crippen molar-refractivity contribution in [1.29, 1.82) is 0 Å². The third-order valence-corrected chi connectivity index (χ3v) is 15.2. The van der Waals surface area contributed by atoms with Crippen molar-refractivity contribution >= 4 is 30.3 Å². The number of hydrogen-bond donors (Lipinski definition) is 1. The number of aromatic nitrogens is 2. The van der Waals surface area contributed by atoms with Crippen LogP contribution in [0.1, 0.15) is 49.4 Å². The third-order valence-electron chi connectivity index (χ3n) is 10.1. The average Bonchev–Trinajstić information content (AvgIpc) is 3.44. The standard InChI is InChI=1S/C40H46N5O2Si.HI/c1-40(2,3)48(35-16-7-5-8-17-35,36-18-9-6-10-19-36)47-25-13-24-45-28-33-15-12-11-14-32(33)27-44(45)39-37(29-45)38(42-30-43-39)41-26-31-20-22-34(46-4)23-21-31;/h5-12,14-23,30H,13,24-29H2,1-4H3,(H,41,42,43);1H/q+1;/p-1. The number of halogens is 1. The summed E-state index contributed by atoms with van der Waals surface area (Å²) in [6.45, 7) is 11.9. The van der Waals surface area contributed by atoms with Crippen molar-refractivity contribution in [3.05, 3.63) is 138 Å². The Morgan fingerprint density at radius 3 is 2.06 bits per heavy atom. The summed E-state index contributed by atoms with van der Waals surface area (Å²) in [6, 6.07) is 38.9. The van der Waals surface area contributed by atoms with Crippen molar-refractivity contribution in [2.75, 3.05) is 30.6 Å². The van der Waals surface area contributed by atoms with Crippen molar-refractivity contribution in [3.63, 3.8) is 0 Å². The number of rotatable bonds is 11. The van der Waals surface area contributed by atoms with Crippen LogP contribution < -0.4 is 49.4 Å². The first-order valence-electron chi connectivity index (χ1n) is 17.0. The summed E-state index contributed by atoms with van der Waals surface area (Å²) in [4.78, 5) is 9.65. The second-order valence-electron chi connectivity index (χ2n) is 14.1. The molecule has 1 aromatic heterocycles. The number of ether oxygens (including phenoxy) is 1. The van der Waals surface area contributed by atoms with Crippen LogP contribution in [-0.4, -0.2) is 43.1 Å². The van der Waals surface area contributed by atoms with Crippen molar-refractivity contribution in [1.82, 2.24) is 9.97 Å². The molecule has 0 fully saturated rings. The molecule has 5 aromatic rings. The van der Waals surface area contributed by atoms with Crippen molar-refractivity contribution < 1.29 is 37.7 Å². The lowest BCUT2D eigenvalue weighted by atomic mass is 10.0. The first-order valence-corrected chi connectivity index (χ1v) is 18.9. The Balaban J connectivity index is 0.00000417. The highest BCUT2D eigenvalue weighted by Gasteiger charge is 2.51. The molecule has 0 spiro atoms. The molecule has 0 aliphatic carbocycles. The third kappa shape index (κ3) is 6.73. The van der Waals surface area contributed by atoms with E-state index >= 15 is 0 Å². The predicted octanol–water partition coefficient (Wildman–Crippen LogP) is 3.83. The molecular weight excluding hydrogens is 737 g/mol. The maximum absolute atomic E-state index is 7.34. The van der Waals surface area contributed by atoms with Crippen LogP contribution >= 0.6 is 0 Å². The van der Waals surface area contributed by atoms with Gasteiger partial charge in [-0.2, -0.15) is 0 Å². The summed E-state index contributed by atoms with van der Waals surface area (Å²) >= 11 is 0. The molecule has 0 saturated carbocycles. The first kappa shape index (κ1) is 35.1. The van der Waals surface area contributed by atoms with Crippen LogP contribution in [0.3, 0.4) is 0 Å². The number of quaternary nitrogens is 1. The molecule has 1 N–H and O–H groups in total. The Hall–Kier alpha value is -3.77. The van der Waals surface area contributed by atoms with Crippen LogP contribution in [0, 0.1) is 0 Å². The van der Waals surface area contributed by atoms with E-state index in [1.165, 1.54) is 32.6 Å². The molecule has 0 radical (unpaired) electrons. The summed E-state index contributed by atoms with van der Waals surface area (Å²) in [5.41, 5.74) is 5.15. The second-order valence-corrected chi connectivity index (χ2v) is 18.4. The molecule has 0 amide bonds. The van der Waals surface area contributed by atoms with E-state index in [4.69, 9.17) is 19.1 Å². The van der Waals surface area contributed by atoms with Crippen LogP contribution in [0.15, 0.2) is 116 Å². The van der Waals surface area contributed by atoms with Gasteiger partial charge >= 0.3 is 0 Å². The van der Waals surface area contributed by atoms with E-state index in [9.17, 15) is 0 Å². The van der Waals surface area contributed by atoms with Gasteiger partial charge in [-0.1, -0.05) is 118 Å². The number of methoxy groups -OCH3 is 1. The summed E-state index contributed by atoms with van der Waals surface area (Å²) in [7, 11) is -0.917. The molecular formula is C40H46IN5O2Si. The Labute approximate surface area is 309 Å². The van der Waals surface area contributed by atoms with Crippen LogP contribution in [0.5, 0.6) is 5.75 Å². The van der Waals surface area contributed by atoms with Gasteiger partial charge < -0.3 is 38.5 Å². The Bertz CT molecular complexity index is 1810. The van der Waals surface area contributed by atoms with E-state index in [-0.39, 0.29) is 29.0 Å². The molecule has 4 aromatic carbocycles. The Morgan fingerprint density at radius 2 is 1.43 bits per heavy atom. The molecule has 2 aliphatic rings. The van der Waals surface area contributed by atoms with E-state index in [1.807, 2.05) is 12.1 Å². The fraction of sp³-hybridized carbons (Fsp3) is 0.300. The lowest BCUT2D eigenvalue weighted by Crippen LogP contribution is -3.00. The number of nitrogens with one attached hydrogen (secondary N) is 1. The van der Waals surface area contributed by atoms with Crippen molar-refractivity contribution in [2.45, 2.75) is 58.4 Å². The summed E-state index contributed by atoms with van der Waals surface area (Å²) < 4.78 is 13.5. The molecule has 49 heavy (non-hydrogen) atoms. The first-order chi connectivity index (χ1) is 23.3. The minimum absolute atomic E-state index is 0.